The molecule has 63 valence electrons. The minimum absolute atomic E-state index is 0.337. The van der Waals surface area contributed by atoms with E-state index in [9.17, 15) is 0 Å². The molecule has 1 radical (unpaired) electrons. The Labute approximate surface area is 71.4 Å². The van der Waals surface area contributed by atoms with Gasteiger partial charge < -0.3 is 0 Å². The van der Waals surface area contributed by atoms with Crippen LogP contribution in [0.4, 0.5) is 0 Å². The van der Waals surface area contributed by atoms with Crippen molar-refractivity contribution in [3.05, 3.63) is 6.92 Å². The van der Waals surface area contributed by atoms with Gasteiger partial charge in [0.1, 0.15) is 0 Å². The van der Waals surface area contributed by atoms with E-state index in [1.165, 1.54) is 19.3 Å². The van der Waals surface area contributed by atoms with E-state index >= 15 is 0 Å². The van der Waals surface area contributed by atoms with Gasteiger partial charge in [-0.1, -0.05) is 40.0 Å². The quantitative estimate of drug-likeness (QED) is 0.417. The van der Waals surface area contributed by atoms with E-state index in [1.807, 2.05) is 0 Å². The van der Waals surface area contributed by atoms with E-state index < -0.39 is 0 Å². The monoisotopic (exact) mass is 151 g/mol. The van der Waals surface area contributed by atoms with Gasteiger partial charge >= 0.3 is 0 Å². The SMILES string of the molecule is C#CCC(C)(C)CCCC[CH2]. The Hall–Kier alpha value is -0.440. The number of unbranched alkanes of at least 4 members (excludes halogenated alkanes) is 2. The Morgan fingerprint density at radius 3 is 2.45 bits per heavy atom. The molecule has 0 fully saturated rings. The van der Waals surface area contributed by atoms with Gasteiger partial charge in [0.05, 0.1) is 0 Å². The van der Waals surface area contributed by atoms with Crippen LogP contribution in [0.1, 0.15) is 46.0 Å². The van der Waals surface area contributed by atoms with Gasteiger partial charge in [-0.15, -0.1) is 12.3 Å². The van der Waals surface area contributed by atoms with Gasteiger partial charge in [-0.25, -0.2) is 0 Å². The van der Waals surface area contributed by atoms with Crippen LogP contribution < -0.4 is 0 Å². The fraction of sp³-hybridized carbons (Fsp3) is 0.727. The van der Waals surface area contributed by atoms with Crippen LogP contribution in [0, 0.1) is 24.7 Å². The fourth-order valence-corrected chi connectivity index (χ4v) is 1.15. The first-order valence-corrected chi connectivity index (χ1v) is 4.35. The van der Waals surface area contributed by atoms with Crippen molar-refractivity contribution >= 4 is 0 Å². The molecule has 11 heavy (non-hydrogen) atoms. The Balaban J connectivity index is 3.48. The molecule has 0 heterocycles. The molecule has 0 spiro atoms. The summed E-state index contributed by atoms with van der Waals surface area (Å²) in [5.41, 5.74) is 0.337. The molecule has 0 aromatic heterocycles. The predicted molar refractivity (Wildman–Crippen MR) is 51.1 cm³/mol. The third-order valence-electron chi connectivity index (χ3n) is 1.93. The lowest BCUT2D eigenvalue weighted by atomic mass is 9.84. The normalized spacial score (nSPS) is 11.1. The molecule has 0 rings (SSSR count). The maximum absolute atomic E-state index is 5.26. The molecule has 0 aliphatic rings. The molecule has 0 aromatic rings. The summed E-state index contributed by atoms with van der Waals surface area (Å²) in [6.07, 6.45) is 10.9. The molecule has 0 unspecified atom stereocenters. The maximum Gasteiger partial charge on any atom is 0.0137 e. The molecule has 0 aromatic carbocycles. The highest BCUT2D eigenvalue weighted by molar-refractivity contribution is 4.90. The van der Waals surface area contributed by atoms with Crippen LogP contribution in [0.15, 0.2) is 0 Å². The zero-order valence-corrected chi connectivity index (χ0v) is 7.82. The highest BCUT2D eigenvalue weighted by atomic mass is 14.2. The van der Waals surface area contributed by atoms with Gasteiger partial charge in [0, 0.05) is 6.42 Å². The molecule has 0 saturated heterocycles. The van der Waals surface area contributed by atoms with Crippen LogP contribution in [-0.4, -0.2) is 0 Å². The van der Waals surface area contributed by atoms with Crippen molar-refractivity contribution in [2.45, 2.75) is 46.0 Å². The van der Waals surface area contributed by atoms with E-state index in [1.54, 1.807) is 0 Å². The van der Waals surface area contributed by atoms with Gasteiger partial charge in [0.2, 0.25) is 0 Å². The highest BCUT2D eigenvalue weighted by Crippen LogP contribution is 2.26. The van der Waals surface area contributed by atoms with Crippen molar-refractivity contribution in [2.24, 2.45) is 5.41 Å². The van der Waals surface area contributed by atoms with Crippen LogP contribution in [0.2, 0.25) is 0 Å². The van der Waals surface area contributed by atoms with Crippen LogP contribution in [-0.2, 0) is 0 Å². The standard InChI is InChI=1S/C11H19/c1-5-7-8-10-11(3,4)9-6-2/h2H,1,5,7-10H2,3-4H3. The lowest BCUT2D eigenvalue weighted by Crippen LogP contribution is -2.09. The minimum atomic E-state index is 0.337. The van der Waals surface area contributed by atoms with Crippen molar-refractivity contribution in [3.63, 3.8) is 0 Å². The fourth-order valence-electron chi connectivity index (χ4n) is 1.15. The molecule has 0 saturated carbocycles. The summed E-state index contributed by atoms with van der Waals surface area (Å²) >= 11 is 0. The summed E-state index contributed by atoms with van der Waals surface area (Å²) in [6.45, 7) is 8.28. The molecular weight excluding hydrogens is 132 g/mol. The van der Waals surface area contributed by atoms with Gasteiger partial charge in [0.15, 0.2) is 0 Å². The van der Waals surface area contributed by atoms with Gasteiger partial charge in [-0.3, -0.25) is 0 Å². The van der Waals surface area contributed by atoms with Crippen molar-refractivity contribution < 1.29 is 0 Å². The second kappa shape index (κ2) is 5.24. The zero-order valence-electron chi connectivity index (χ0n) is 7.82. The Kier molecular flexibility index (Phi) is 5.03. The Morgan fingerprint density at radius 2 is 2.00 bits per heavy atom. The first-order valence-electron chi connectivity index (χ1n) is 4.35. The van der Waals surface area contributed by atoms with Crippen molar-refractivity contribution in [2.75, 3.05) is 0 Å². The molecule has 0 aliphatic carbocycles. The molecule has 0 aliphatic heterocycles. The average molecular weight is 151 g/mol. The molecule has 0 amide bonds. The summed E-state index contributed by atoms with van der Waals surface area (Å²) < 4.78 is 0. The average Bonchev–Trinajstić information content (AvgIpc) is 1.87. The minimum Gasteiger partial charge on any atom is -0.120 e. The third-order valence-corrected chi connectivity index (χ3v) is 1.93. The highest BCUT2D eigenvalue weighted by Gasteiger charge is 2.14. The van der Waals surface area contributed by atoms with E-state index in [-0.39, 0.29) is 0 Å². The number of hydrogen-bond donors (Lipinski definition) is 0. The Morgan fingerprint density at radius 1 is 1.36 bits per heavy atom. The van der Waals surface area contributed by atoms with Crippen molar-refractivity contribution in [1.82, 2.24) is 0 Å². The van der Waals surface area contributed by atoms with Crippen LogP contribution >= 0.6 is 0 Å². The third kappa shape index (κ3) is 5.98. The Bertz CT molecular complexity index is 125. The second-order valence-corrected chi connectivity index (χ2v) is 3.86. The second-order valence-electron chi connectivity index (χ2n) is 3.86. The van der Waals surface area contributed by atoms with E-state index in [0.717, 1.165) is 12.8 Å². The smallest absolute Gasteiger partial charge is 0.0137 e. The van der Waals surface area contributed by atoms with E-state index in [4.69, 9.17) is 6.42 Å². The zero-order chi connectivity index (χ0) is 8.74. The lowest BCUT2D eigenvalue weighted by molar-refractivity contribution is 0.331. The first-order chi connectivity index (χ1) is 5.12. The molecule has 0 bridgehead atoms. The predicted octanol–water partition coefficient (Wildman–Crippen LogP) is 3.43. The molecule has 0 heteroatoms. The van der Waals surface area contributed by atoms with Crippen molar-refractivity contribution in [1.29, 1.82) is 0 Å². The maximum atomic E-state index is 5.26. The van der Waals surface area contributed by atoms with Gasteiger partial charge in [-0.2, -0.15) is 0 Å². The number of hydrogen-bond acceptors (Lipinski definition) is 0. The van der Waals surface area contributed by atoms with Gasteiger partial charge in [-0.05, 0) is 11.8 Å². The van der Waals surface area contributed by atoms with Gasteiger partial charge in [0.25, 0.3) is 0 Å². The summed E-state index contributed by atoms with van der Waals surface area (Å²) in [6, 6.07) is 0. The lowest BCUT2D eigenvalue weighted by Gasteiger charge is -2.21. The topological polar surface area (TPSA) is 0 Å². The van der Waals surface area contributed by atoms with Crippen molar-refractivity contribution in [3.8, 4) is 12.3 Å². The summed E-state index contributed by atoms with van der Waals surface area (Å²) in [5, 5.41) is 0. The number of terminal acetylenes is 1. The summed E-state index contributed by atoms with van der Waals surface area (Å²) in [4.78, 5) is 0. The van der Waals surface area contributed by atoms with E-state index in [2.05, 4.69) is 26.7 Å². The van der Waals surface area contributed by atoms with Crippen LogP contribution in [0.3, 0.4) is 0 Å². The molecule has 0 N–H and O–H groups in total. The first kappa shape index (κ1) is 10.6. The van der Waals surface area contributed by atoms with E-state index in [0.29, 0.717) is 5.41 Å². The molecule has 0 nitrogen and oxygen atoms in total. The number of rotatable bonds is 5. The largest absolute Gasteiger partial charge is 0.120 e. The molecule has 0 atom stereocenters. The summed E-state index contributed by atoms with van der Waals surface area (Å²) in [7, 11) is 0. The van der Waals surface area contributed by atoms with Crippen LogP contribution in [0.5, 0.6) is 0 Å². The summed E-state index contributed by atoms with van der Waals surface area (Å²) in [5.74, 6) is 2.72. The molecular formula is C11H19. The van der Waals surface area contributed by atoms with Crippen LogP contribution in [0.25, 0.3) is 0 Å².